The third-order valence-electron chi connectivity index (χ3n) is 1.11. The molecule has 0 heterocycles. The topological polar surface area (TPSA) is 72.6 Å². The number of aliphatic hydroxyl groups excluding tert-OH is 1. The predicted octanol–water partition coefficient (Wildman–Crippen LogP) is -1.13. The number of hydrogen-bond donors (Lipinski definition) is 2. The van der Waals surface area contributed by atoms with Gasteiger partial charge in [0.05, 0.1) is 6.10 Å². The Morgan fingerprint density at radius 2 is 2.22 bits per heavy atom. The monoisotopic (exact) mass is 133 g/mol. The highest BCUT2D eigenvalue weighted by Gasteiger charge is 2.18. The Labute approximate surface area is 53.6 Å². The number of carbonyl (C=O) groups is 1. The van der Waals surface area contributed by atoms with Gasteiger partial charge in [0.15, 0.2) is 6.10 Å². The van der Waals surface area contributed by atoms with E-state index in [1.165, 1.54) is 7.11 Å². The van der Waals surface area contributed by atoms with Gasteiger partial charge in [-0.1, -0.05) is 0 Å². The second-order valence-electron chi connectivity index (χ2n) is 1.79. The number of primary amides is 1. The van der Waals surface area contributed by atoms with Crippen molar-refractivity contribution >= 4 is 5.91 Å². The van der Waals surface area contributed by atoms with Crippen molar-refractivity contribution in [2.24, 2.45) is 5.73 Å². The molecule has 0 saturated carbocycles. The van der Waals surface area contributed by atoms with Gasteiger partial charge in [0.25, 0.3) is 0 Å². The summed E-state index contributed by atoms with van der Waals surface area (Å²) in [6.07, 6.45) is -1.72. The van der Waals surface area contributed by atoms with Gasteiger partial charge in [0, 0.05) is 7.11 Å². The number of amides is 1. The molecular weight excluding hydrogens is 122 g/mol. The van der Waals surface area contributed by atoms with Gasteiger partial charge < -0.3 is 15.6 Å². The van der Waals surface area contributed by atoms with Crippen LogP contribution in [0.2, 0.25) is 0 Å². The summed E-state index contributed by atoms with van der Waals surface area (Å²) in [5, 5.41) is 8.80. The molecule has 1 amide bonds. The van der Waals surface area contributed by atoms with Crippen molar-refractivity contribution in [2.45, 2.75) is 19.1 Å². The quantitative estimate of drug-likeness (QED) is 0.511. The normalized spacial score (nSPS) is 16.8. The molecule has 0 aromatic heterocycles. The van der Waals surface area contributed by atoms with E-state index in [1.807, 2.05) is 0 Å². The van der Waals surface area contributed by atoms with Crippen molar-refractivity contribution in [3.8, 4) is 0 Å². The molecule has 2 unspecified atom stereocenters. The molecule has 0 aliphatic heterocycles. The van der Waals surface area contributed by atoms with Crippen molar-refractivity contribution in [3.05, 3.63) is 0 Å². The molecule has 0 fully saturated rings. The second-order valence-corrected chi connectivity index (χ2v) is 1.79. The fourth-order valence-electron chi connectivity index (χ4n) is 0.360. The number of aliphatic hydroxyl groups is 1. The van der Waals surface area contributed by atoms with Gasteiger partial charge in [-0.2, -0.15) is 0 Å². The standard InChI is InChI=1S/C5H11NO3/c1-3(9-2)4(7)5(6)8/h3-4,7H,1-2H3,(H2,6,8). The summed E-state index contributed by atoms with van der Waals surface area (Å²) in [6, 6.07) is 0. The second kappa shape index (κ2) is 3.42. The maximum Gasteiger partial charge on any atom is 0.248 e. The lowest BCUT2D eigenvalue weighted by Gasteiger charge is -2.12. The Kier molecular flexibility index (Phi) is 3.19. The lowest BCUT2D eigenvalue weighted by Crippen LogP contribution is -2.37. The molecule has 0 aliphatic rings. The highest BCUT2D eigenvalue weighted by Crippen LogP contribution is 1.94. The smallest absolute Gasteiger partial charge is 0.248 e. The lowest BCUT2D eigenvalue weighted by molar-refractivity contribution is -0.132. The molecule has 4 heteroatoms. The van der Waals surface area contributed by atoms with Gasteiger partial charge in [-0.15, -0.1) is 0 Å². The van der Waals surface area contributed by atoms with Crippen LogP contribution in [0.5, 0.6) is 0 Å². The minimum Gasteiger partial charge on any atom is -0.381 e. The van der Waals surface area contributed by atoms with Crippen molar-refractivity contribution in [2.75, 3.05) is 7.11 Å². The van der Waals surface area contributed by atoms with Crippen molar-refractivity contribution in [1.82, 2.24) is 0 Å². The van der Waals surface area contributed by atoms with Crippen LogP contribution in [0.1, 0.15) is 6.92 Å². The molecule has 0 saturated heterocycles. The molecule has 0 radical (unpaired) electrons. The largest absolute Gasteiger partial charge is 0.381 e. The zero-order valence-corrected chi connectivity index (χ0v) is 5.50. The van der Waals surface area contributed by atoms with Crippen LogP contribution in [0.3, 0.4) is 0 Å². The average Bonchev–Trinajstić information content (AvgIpc) is 1.84. The molecule has 0 spiro atoms. The SMILES string of the molecule is COC(C)C(O)C(N)=O. The molecular formula is C5H11NO3. The predicted molar refractivity (Wildman–Crippen MR) is 31.7 cm³/mol. The van der Waals surface area contributed by atoms with Gasteiger partial charge in [-0.25, -0.2) is 0 Å². The first kappa shape index (κ1) is 8.39. The van der Waals surface area contributed by atoms with E-state index in [2.05, 4.69) is 4.74 Å². The summed E-state index contributed by atoms with van der Waals surface area (Å²) >= 11 is 0. The number of carbonyl (C=O) groups excluding carboxylic acids is 1. The van der Waals surface area contributed by atoms with Crippen molar-refractivity contribution in [1.29, 1.82) is 0 Å². The highest BCUT2D eigenvalue weighted by molar-refractivity contribution is 5.79. The Morgan fingerprint density at radius 3 is 2.33 bits per heavy atom. The van der Waals surface area contributed by atoms with Gasteiger partial charge in [-0.3, -0.25) is 4.79 Å². The molecule has 0 aliphatic carbocycles. The Bertz CT molecular complexity index is 104. The number of hydrogen-bond acceptors (Lipinski definition) is 3. The summed E-state index contributed by atoms with van der Waals surface area (Å²) in [5.41, 5.74) is 4.74. The van der Waals surface area contributed by atoms with Crippen LogP contribution in [-0.2, 0) is 9.53 Å². The van der Waals surface area contributed by atoms with E-state index in [1.54, 1.807) is 6.92 Å². The number of ether oxygens (including phenoxy) is 1. The van der Waals surface area contributed by atoms with E-state index in [9.17, 15) is 4.79 Å². The maximum absolute atomic E-state index is 10.2. The van der Waals surface area contributed by atoms with Crippen molar-refractivity contribution in [3.63, 3.8) is 0 Å². The van der Waals surface area contributed by atoms with E-state index >= 15 is 0 Å². The first-order valence-corrected chi connectivity index (χ1v) is 2.59. The molecule has 54 valence electrons. The highest BCUT2D eigenvalue weighted by atomic mass is 16.5. The fraction of sp³-hybridized carbons (Fsp3) is 0.800. The van der Waals surface area contributed by atoms with Gasteiger partial charge in [0.2, 0.25) is 5.91 Å². The molecule has 2 atom stereocenters. The molecule has 0 aromatic rings. The molecule has 3 N–H and O–H groups in total. The zero-order chi connectivity index (χ0) is 7.44. The van der Waals surface area contributed by atoms with Gasteiger partial charge in [0.1, 0.15) is 0 Å². The van der Waals surface area contributed by atoms with E-state index in [0.29, 0.717) is 0 Å². The van der Waals surface area contributed by atoms with Crippen LogP contribution < -0.4 is 5.73 Å². The summed E-state index contributed by atoms with van der Waals surface area (Å²) in [5.74, 6) is -0.760. The van der Waals surface area contributed by atoms with E-state index in [-0.39, 0.29) is 0 Å². The minimum atomic E-state index is -1.20. The van der Waals surface area contributed by atoms with Crippen LogP contribution in [-0.4, -0.2) is 30.3 Å². The first-order chi connectivity index (χ1) is 4.09. The van der Waals surface area contributed by atoms with E-state index in [0.717, 1.165) is 0 Å². The molecule has 4 nitrogen and oxygen atoms in total. The van der Waals surface area contributed by atoms with Crippen LogP contribution in [0.4, 0.5) is 0 Å². The third-order valence-corrected chi connectivity index (χ3v) is 1.11. The summed E-state index contributed by atoms with van der Waals surface area (Å²) in [4.78, 5) is 10.2. The Morgan fingerprint density at radius 1 is 1.78 bits per heavy atom. The third kappa shape index (κ3) is 2.43. The van der Waals surface area contributed by atoms with Crippen LogP contribution in [0.25, 0.3) is 0 Å². The maximum atomic E-state index is 10.2. The average molecular weight is 133 g/mol. The van der Waals surface area contributed by atoms with Crippen LogP contribution in [0, 0.1) is 0 Å². The van der Waals surface area contributed by atoms with Crippen LogP contribution in [0.15, 0.2) is 0 Å². The molecule has 0 rings (SSSR count). The summed E-state index contributed by atoms with van der Waals surface area (Å²) < 4.78 is 4.62. The number of nitrogens with two attached hydrogens (primary N) is 1. The zero-order valence-electron chi connectivity index (χ0n) is 5.50. The van der Waals surface area contributed by atoms with E-state index in [4.69, 9.17) is 10.8 Å². The number of rotatable bonds is 3. The summed E-state index contributed by atoms with van der Waals surface area (Å²) in [7, 11) is 1.40. The molecule has 0 bridgehead atoms. The Balaban J connectivity index is 3.72. The molecule has 0 aromatic carbocycles. The Hall–Kier alpha value is -0.610. The lowest BCUT2D eigenvalue weighted by atomic mass is 10.2. The summed E-state index contributed by atoms with van der Waals surface area (Å²) in [6.45, 7) is 1.56. The van der Waals surface area contributed by atoms with Crippen LogP contribution >= 0.6 is 0 Å². The van der Waals surface area contributed by atoms with Crippen molar-refractivity contribution < 1.29 is 14.6 Å². The van der Waals surface area contributed by atoms with Gasteiger partial charge >= 0.3 is 0 Å². The van der Waals surface area contributed by atoms with Gasteiger partial charge in [-0.05, 0) is 6.92 Å². The first-order valence-electron chi connectivity index (χ1n) is 2.59. The molecule has 9 heavy (non-hydrogen) atoms. The fourth-order valence-corrected chi connectivity index (χ4v) is 0.360. The minimum absolute atomic E-state index is 0.525. The number of methoxy groups -OCH3 is 1. The van der Waals surface area contributed by atoms with E-state index < -0.39 is 18.1 Å².